The monoisotopic (exact) mass is 254 g/mol. The quantitative estimate of drug-likeness (QED) is 0.827. The van der Waals surface area contributed by atoms with Gasteiger partial charge < -0.3 is 9.73 Å². The van der Waals surface area contributed by atoms with E-state index in [1.807, 2.05) is 6.92 Å². The van der Waals surface area contributed by atoms with Crippen molar-refractivity contribution in [2.45, 2.75) is 23.6 Å². The van der Waals surface area contributed by atoms with Gasteiger partial charge in [-0.1, -0.05) is 6.92 Å². The normalized spacial score (nSPS) is 10.5. The maximum Gasteiger partial charge on any atom is 0.262 e. The van der Waals surface area contributed by atoms with Gasteiger partial charge in [-0.3, -0.25) is 0 Å². The summed E-state index contributed by atoms with van der Waals surface area (Å²) in [6, 6.07) is 0. The van der Waals surface area contributed by atoms with Crippen LogP contribution < -0.4 is 5.32 Å². The Balaban J connectivity index is 2.14. The molecule has 0 aliphatic rings. The van der Waals surface area contributed by atoms with E-state index in [4.69, 9.17) is 4.42 Å². The number of anilines is 1. The highest BCUT2D eigenvalue weighted by Gasteiger charge is 2.11. The van der Waals surface area contributed by atoms with Gasteiger partial charge in [-0.15, -0.1) is 0 Å². The standard InChI is InChI=1S/C10H11FN4OS/c1-2-3-12-9-14-6-7(11)8(15-9)17-10-13-4-5-16-10/h4-6H,2-3H2,1H3,(H,12,14,15). The molecule has 0 amide bonds. The molecule has 0 aliphatic carbocycles. The van der Waals surface area contributed by atoms with E-state index in [2.05, 4.69) is 20.3 Å². The van der Waals surface area contributed by atoms with E-state index >= 15 is 0 Å². The fourth-order valence-corrected chi connectivity index (χ4v) is 1.75. The van der Waals surface area contributed by atoms with E-state index in [0.29, 0.717) is 11.2 Å². The van der Waals surface area contributed by atoms with Crippen LogP contribution in [0.5, 0.6) is 0 Å². The van der Waals surface area contributed by atoms with Crippen LogP contribution in [0.1, 0.15) is 13.3 Å². The van der Waals surface area contributed by atoms with Gasteiger partial charge in [0.1, 0.15) is 11.3 Å². The summed E-state index contributed by atoms with van der Waals surface area (Å²) in [6.07, 6.45) is 5.01. The summed E-state index contributed by atoms with van der Waals surface area (Å²) in [4.78, 5) is 11.8. The number of hydrogen-bond acceptors (Lipinski definition) is 6. The van der Waals surface area contributed by atoms with Crippen molar-refractivity contribution >= 4 is 17.7 Å². The highest BCUT2D eigenvalue weighted by molar-refractivity contribution is 7.99. The van der Waals surface area contributed by atoms with E-state index < -0.39 is 5.82 Å². The Labute approximate surface area is 102 Å². The van der Waals surface area contributed by atoms with Gasteiger partial charge in [-0.2, -0.15) is 0 Å². The molecule has 0 saturated heterocycles. The number of nitrogens with zero attached hydrogens (tertiary/aromatic N) is 3. The summed E-state index contributed by atoms with van der Waals surface area (Å²) in [5, 5.41) is 3.53. The van der Waals surface area contributed by atoms with E-state index in [-0.39, 0.29) is 5.03 Å². The first-order chi connectivity index (χ1) is 8.29. The van der Waals surface area contributed by atoms with Gasteiger partial charge in [0.15, 0.2) is 5.82 Å². The van der Waals surface area contributed by atoms with Crippen LogP contribution in [0.4, 0.5) is 10.3 Å². The summed E-state index contributed by atoms with van der Waals surface area (Å²) < 4.78 is 18.5. The Morgan fingerprint density at radius 1 is 1.47 bits per heavy atom. The molecule has 0 bridgehead atoms. The molecule has 0 atom stereocenters. The number of rotatable bonds is 5. The van der Waals surface area contributed by atoms with E-state index in [9.17, 15) is 4.39 Å². The average molecular weight is 254 g/mol. The summed E-state index contributed by atoms with van der Waals surface area (Å²) in [6.45, 7) is 2.77. The number of hydrogen-bond donors (Lipinski definition) is 1. The lowest BCUT2D eigenvalue weighted by atomic mass is 10.5. The second-order valence-electron chi connectivity index (χ2n) is 3.17. The molecule has 7 heteroatoms. The largest absolute Gasteiger partial charge is 0.440 e. The maximum atomic E-state index is 13.4. The first kappa shape index (κ1) is 11.8. The third-order valence-electron chi connectivity index (χ3n) is 1.84. The lowest BCUT2D eigenvalue weighted by Crippen LogP contribution is -2.05. The Bertz CT molecular complexity index is 477. The first-order valence-electron chi connectivity index (χ1n) is 5.13. The Hall–Kier alpha value is -1.63. The minimum atomic E-state index is -0.491. The Morgan fingerprint density at radius 2 is 2.35 bits per heavy atom. The third-order valence-corrected chi connectivity index (χ3v) is 2.69. The average Bonchev–Trinajstić information content (AvgIpc) is 2.83. The molecule has 0 radical (unpaired) electrons. The zero-order chi connectivity index (χ0) is 12.1. The van der Waals surface area contributed by atoms with Gasteiger partial charge in [0, 0.05) is 6.54 Å². The predicted molar refractivity (Wildman–Crippen MR) is 61.4 cm³/mol. The lowest BCUT2D eigenvalue weighted by molar-refractivity contribution is 0.453. The zero-order valence-electron chi connectivity index (χ0n) is 9.18. The van der Waals surface area contributed by atoms with Gasteiger partial charge in [0.05, 0.1) is 12.4 Å². The maximum absolute atomic E-state index is 13.4. The van der Waals surface area contributed by atoms with Crippen molar-refractivity contribution in [3.8, 4) is 0 Å². The minimum absolute atomic E-state index is 0.195. The van der Waals surface area contributed by atoms with Crippen molar-refractivity contribution in [3.63, 3.8) is 0 Å². The van der Waals surface area contributed by atoms with Gasteiger partial charge in [0.2, 0.25) is 5.95 Å². The summed E-state index contributed by atoms with van der Waals surface area (Å²) >= 11 is 1.02. The van der Waals surface area contributed by atoms with Gasteiger partial charge >= 0.3 is 0 Å². The second kappa shape index (κ2) is 5.62. The molecule has 0 saturated carbocycles. The number of aromatic nitrogens is 3. The molecule has 0 fully saturated rings. The van der Waals surface area contributed by atoms with Crippen molar-refractivity contribution in [2.24, 2.45) is 0 Å². The first-order valence-corrected chi connectivity index (χ1v) is 5.95. The van der Waals surface area contributed by atoms with Gasteiger partial charge in [0.25, 0.3) is 5.22 Å². The molecule has 2 heterocycles. The van der Waals surface area contributed by atoms with Crippen LogP contribution in [0.15, 0.2) is 33.3 Å². The molecule has 0 aliphatic heterocycles. The molecular weight excluding hydrogens is 243 g/mol. The van der Waals surface area contributed by atoms with E-state index in [0.717, 1.165) is 30.9 Å². The van der Waals surface area contributed by atoms with Crippen LogP contribution >= 0.6 is 11.8 Å². The molecule has 2 aromatic rings. The fourth-order valence-electron chi connectivity index (χ4n) is 1.09. The summed E-state index contributed by atoms with van der Waals surface area (Å²) in [7, 11) is 0. The molecule has 0 aromatic carbocycles. The van der Waals surface area contributed by atoms with E-state index in [1.54, 1.807) is 0 Å². The van der Waals surface area contributed by atoms with Crippen molar-refractivity contribution < 1.29 is 8.81 Å². The highest BCUT2D eigenvalue weighted by Crippen LogP contribution is 2.26. The molecule has 2 aromatic heterocycles. The molecule has 90 valence electrons. The van der Waals surface area contributed by atoms with Crippen molar-refractivity contribution in [2.75, 3.05) is 11.9 Å². The van der Waals surface area contributed by atoms with Crippen LogP contribution in [-0.4, -0.2) is 21.5 Å². The second-order valence-corrected chi connectivity index (χ2v) is 4.11. The number of oxazole rings is 1. The van der Waals surface area contributed by atoms with Crippen LogP contribution in [0.25, 0.3) is 0 Å². The molecule has 2 rings (SSSR count). The van der Waals surface area contributed by atoms with Crippen LogP contribution in [0, 0.1) is 5.82 Å². The number of halogens is 1. The zero-order valence-corrected chi connectivity index (χ0v) is 10.00. The summed E-state index contributed by atoms with van der Waals surface area (Å²) in [5.74, 6) is -0.0856. The third kappa shape index (κ3) is 3.16. The van der Waals surface area contributed by atoms with Crippen LogP contribution in [-0.2, 0) is 0 Å². The van der Waals surface area contributed by atoms with Crippen LogP contribution in [0.3, 0.4) is 0 Å². The number of nitrogens with one attached hydrogen (secondary N) is 1. The van der Waals surface area contributed by atoms with Gasteiger partial charge in [-0.05, 0) is 18.2 Å². The molecule has 17 heavy (non-hydrogen) atoms. The fraction of sp³-hybridized carbons (Fsp3) is 0.300. The Kier molecular flexibility index (Phi) is 3.92. The topological polar surface area (TPSA) is 63.8 Å². The van der Waals surface area contributed by atoms with E-state index in [1.165, 1.54) is 12.5 Å². The molecule has 0 unspecified atom stereocenters. The SMILES string of the molecule is CCCNc1ncc(F)c(Sc2ncco2)n1. The predicted octanol–water partition coefficient (Wildman–Crippen LogP) is 2.58. The molecular formula is C10H11FN4OS. The summed E-state index contributed by atoms with van der Waals surface area (Å²) in [5.41, 5.74) is 0. The highest BCUT2D eigenvalue weighted by atomic mass is 32.2. The van der Waals surface area contributed by atoms with Crippen molar-refractivity contribution in [1.29, 1.82) is 0 Å². The molecule has 5 nitrogen and oxygen atoms in total. The van der Waals surface area contributed by atoms with Crippen molar-refractivity contribution in [1.82, 2.24) is 15.0 Å². The minimum Gasteiger partial charge on any atom is -0.440 e. The lowest BCUT2D eigenvalue weighted by Gasteiger charge is -2.04. The van der Waals surface area contributed by atoms with Crippen molar-refractivity contribution in [3.05, 3.63) is 24.5 Å². The Morgan fingerprint density at radius 3 is 3.06 bits per heavy atom. The van der Waals surface area contributed by atoms with Crippen LogP contribution in [0.2, 0.25) is 0 Å². The molecule has 1 N–H and O–H groups in total. The van der Waals surface area contributed by atoms with Gasteiger partial charge in [-0.25, -0.2) is 19.3 Å². The smallest absolute Gasteiger partial charge is 0.262 e. The molecule has 0 spiro atoms.